The fourth-order valence-electron chi connectivity index (χ4n) is 5.48. The van der Waals surface area contributed by atoms with Gasteiger partial charge in [0.05, 0.1) is 33.9 Å². The molecule has 0 spiro atoms. The van der Waals surface area contributed by atoms with Gasteiger partial charge >= 0.3 is 11.9 Å². The van der Waals surface area contributed by atoms with Crippen molar-refractivity contribution < 1.29 is 47.2 Å². The van der Waals surface area contributed by atoms with E-state index in [0.29, 0.717) is 30.3 Å². The SMILES string of the molecule is CC/C=C\C/C=C\C/C=C\C/C=C\C=C\C(O)CCCC(=O)O[C@H](COC(=O)CCCCCCCCC/C=C\C/C=C\CCCCC)COP(=O)([O-])OCC[N+](C)(C)C. The van der Waals surface area contributed by atoms with Crippen molar-refractivity contribution in [2.75, 3.05) is 47.5 Å². The van der Waals surface area contributed by atoms with Crippen LogP contribution in [0.5, 0.6) is 0 Å². The largest absolute Gasteiger partial charge is 0.756 e. The van der Waals surface area contributed by atoms with Crippen molar-refractivity contribution in [3.05, 3.63) is 85.1 Å². The summed E-state index contributed by atoms with van der Waals surface area (Å²) in [5.74, 6) is -1.06. The molecule has 0 heterocycles. The number of nitrogens with zero attached hydrogens (tertiary/aromatic N) is 1. The maximum atomic E-state index is 12.7. The van der Waals surface area contributed by atoms with Gasteiger partial charge in [0, 0.05) is 12.8 Å². The maximum absolute atomic E-state index is 12.7. The van der Waals surface area contributed by atoms with Gasteiger partial charge in [-0.15, -0.1) is 0 Å². The molecule has 11 heteroatoms. The van der Waals surface area contributed by atoms with E-state index in [0.717, 1.165) is 57.8 Å². The second-order valence-corrected chi connectivity index (χ2v) is 17.3. The van der Waals surface area contributed by atoms with Crippen molar-refractivity contribution in [3.63, 3.8) is 0 Å². The molecular formula is C48H82NO9P. The van der Waals surface area contributed by atoms with Crippen molar-refractivity contribution >= 4 is 19.8 Å². The minimum atomic E-state index is -4.69. The number of hydrogen-bond donors (Lipinski definition) is 1. The normalized spacial score (nSPS) is 14.9. The molecule has 0 aliphatic heterocycles. The second kappa shape index (κ2) is 39.3. The van der Waals surface area contributed by atoms with Crippen LogP contribution in [0, 0.1) is 0 Å². The number of hydrogen-bond acceptors (Lipinski definition) is 9. The van der Waals surface area contributed by atoms with Crippen LogP contribution >= 0.6 is 7.82 Å². The van der Waals surface area contributed by atoms with Gasteiger partial charge in [0.1, 0.15) is 19.8 Å². The Hall–Kier alpha value is -2.85. The fraction of sp³-hybridized carbons (Fsp3) is 0.667. The van der Waals surface area contributed by atoms with E-state index in [9.17, 15) is 24.2 Å². The Morgan fingerprint density at radius 3 is 1.80 bits per heavy atom. The zero-order valence-electron chi connectivity index (χ0n) is 37.5. The highest BCUT2D eigenvalue weighted by atomic mass is 31.2. The molecule has 0 fully saturated rings. The van der Waals surface area contributed by atoms with Gasteiger partial charge in [-0.2, -0.15) is 0 Å². The molecule has 0 aromatic rings. The molecule has 3 atom stereocenters. The third-order valence-corrected chi connectivity index (χ3v) is 9.97. The van der Waals surface area contributed by atoms with Crippen LogP contribution in [0.4, 0.5) is 0 Å². The summed E-state index contributed by atoms with van der Waals surface area (Å²) in [5, 5.41) is 10.3. The Morgan fingerprint density at radius 1 is 0.644 bits per heavy atom. The minimum Gasteiger partial charge on any atom is -0.756 e. The highest BCUT2D eigenvalue weighted by Crippen LogP contribution is 2.38. The van der Waals surface area contributed by atoms with Crippen LogP contribution in [-0.2, 0) is 32.7 Å². The molecule has 0 saturated carbocycles. The average Bonchev–Trinajstić information content (AvgIpc) is 3.18. The molecule has 0 saturated heterocycles. The standard InChI is InChI=1S/C48H82NO9P/c1-6-8-10-12-14-16-18-20-21-22-23-25-27-29-31-33-35-39-47(51)55-43-46(44-57-59(53,54)56-42-41-49(3,4)5)58-48(52)40-36-38-45(50)37-34-32-30-28-26-24-19-17-15-13-11-9-7-2/h9,11,14-17,20-21,24,26,30,32,34,37,45-46,50H,6-8,10,12-13,18-19,22-23,25,27-29,31,33,35-36,38-44H2,1-5H3/b11-9-,16-14-,17-15-,21-20-,26-24-,32-30-,37-34+/t45?,46-/m1/s1. The van der Waals surface area contributed by atoms with Gasteiger partial charge in [0.2, 0.25) is 0 Å². The number of aliphatic hydroxyl groups is 1. The number of carbonyl (C=O) groups is 2. The molecular weight excluding hydrogens is 766 g/mol. The van der Waals surface area contributed by atoms with Gasteiger partial charge in [-0.1, -0.05) is 144 Å². The number of esters is 2. The number of allylic oxidation sites excluding steroid dienone is 13. The average molecular weight is 848 g/mol. The molecule has 0 rings (SSSR count). The predicted molar refractivity (Wildman–Crippen MR) is 242 cm³/mol. The highest BCUT2D eigenvalue weighted by Gasteiger charge is 2.22. The molecule has 1 N–H and O–H groups in total. The van der Waals surface area contributed by atoms with Gasteiger partial charge in [0.25, 0.3) is 7.82 Å². The molecule has 0 aromatic carbocycles. The summed E-state index contributed by atoms with van der Waals surface area (Å²) in [5.41, 5.74) is 0. The molecule has 0 aliphatic carbocycles. The molecule has 0 amide bonds. The lowest BCUT2D eigenvalue weighted by molar-refractivity contribution is -0.870. The van der Waals surface area contributed by atoms with Crippen LogP contribution in [0.15, 0.2) is 85.1 Å². The summed E-state index contributed by atoms with van der Waals surface area (Å²) >= 11 is 0. The van der Waals surface area contributed by atoms with Crippen LogP contribution in [0.2, 0.25) is 0 Å². The summed E-state index contributed by atoms with van der Waals surface area (Å²) in [4.78, 5) is 37.6. The first-order valence-electron chi connectivity index (χ1n) is 22.4. The molecule has 0 aromatic heterocycles. The van der Waals surface area contributed by atoms with E-state index in [1.165, 1.54) is 44.9 Å². The lowest BCUT2D eigenvalue weighted by atomic mass is 10.1. The van der Waals surface area contributed by atoms with E-state index in [4.69, 9.17) is 18.5 Å². The summed E-state index contributed by atoms with van der Waals surface area (Å²) in [7, 11) is 1.03. The number of rotatable bonds is 39. The van der Waals surface area contributed by atoms with E-state index in [1.54, 1.807) is 12.2 Å². The van der Waals surface area contributed by atoms with E-state index in [1.807, 2.05) is 33.3 Å². The molecule has 2 unspecified atom stereocenters. The van der Waals surface area contributed by atoms with Crippen molar-refractivity contribution in [2.45, 2.75) is 161 Å². The predicted octanol–water partition coefficient (Wildman–Crippen LogP) is 11.1. The third-order valence-electron chi connectivity index (χ3n) is 9.00. The van der Waals surface area contributed by atoms with Crippen molar-refractivity contribution in [1.82, 2.24) is 0 Å². The topological polar surface area (TPSA) is 131 Å². The smallest absolute Gasteiger partial charge is 0.306 e. The summed E-state index contributed by atoms with van der Waals surface area (Å²) in [6.07, 6.45) is 46.4. The first-order valence-corrected chi connectivity index (χ1v) is 23.9. The van der Waals surface area contributed by atoms with Gasteiger partial charge < -0.3 is 33.0 Å². The Kier molecular flexibility index (Phi) is 37.4. The van der Waals surface area contributed by atoms with E-state index >= 15 is 0 Å². The number of aliphatic hydroxyl groups excluding tert-OH is 1. The molecule has 0 aliphatic rings. The first-order chi connectivity index (χ1) is 28.4. The first kappa shape index (κ1) is 56.1. The van der Waals surface area contributed by atoms with Crippen molar-refractivity contribution in [2.24, 2.45) is 0 Å². The lowest BCUT2D eigenvalue weighted by Crippen LogP contribution is -2.37. The Bertz CT molecular complexity index is 1300. The summed E-state index contributed by atoms with van der Waals surface area (Å²) in [6, 6.07) is 0. The minimum absolute atomic E-state index is 0.0120. The molecule has 338 valence electrons. The number of carbonyl (C=O) groups excluding carboxylic acids is 2. The second-order valence-electron chi connectivity index (χ2n) is 15.9. The molecule has 0 radical (unpaired) electrons. The number of ether oxygens (including phenoxy) is 2. The quantitative estimate of drug-likeness (QED) is 0.0160. The Morgan fingerprint density at radius 2 is 1.19 bits per heavy atom. The van der Waals surface area contributed by atoms with Crippen molar-refractivity contribution in [3.8, 4) is 0 Å². The lowest BCUT2D eigenvalue weighted by Gasteiger charge is -2.28. The van der Waals surface area contributed by atoms with Crippen LogP contribution in [-0.4, -0.2) is 81.2 Å². The Balaban J connectivity index is 4.57. The van der Waals surface area contributed by atoms with Gasteiger partial charge in [-0.3, -0.25) is 14.2 Å². The van der Waals surface area contributed by atoms with Gasteiger partial charge in [-0.25, -0.2) is 0 Å². The maximum Gasteiger partial charge on any atom is 0.306 e. The van der Waals surface area contributed by atoms with E-state index in [2.05, 4.69) is 74.6 Å². The van der Waals surface area contributed by atoms with E-state index < -0.39 is 38.6 Å². The van der Waals surface area contributed by atoms with E-state index in [-0.39, 0.29) is 26.1 Å². The third kappa shape index (κ3) is 43.1. The van der Waals surface area contributed by atoms with Crippen LogP contribution in [0.25, 0.3) is 0 Å². The van der Waals surface area contributed by atoms with Crippen LogP contribution in [0.3, 0.4) is 0 Å². The van der Waals surface area contributed by atoms with Crippen LogP contribution in [0.1, 0.15) is 149 Å². The fourth-order valence-corrected chi connectivity index (χ4v) is 6.20. The number of phosphoric acid groups is 1. The van der Waals surface area contributed by atoms with Crippen LogP contribution < -0.4 is 4.89 Å². The number of unbranched alkanes of at least 4 members (excludes halogenated alkanes) is 10. The zero-order valence-corrected chi connectivity index (χ0v) is 38.4. The number of phosphoric ester groups is 1. The van der Waals surface area contributed by atoms with Crippen molar-refractivity contribution in [1.29, 1.82) is 0 Å². The number of quaternary nitrogens is 1. The number of likely N-dealkylation sites (N-methyl/N-ethyl adjacent to an activating group) is 1. The summed E-state index contributed by atoms with van der Waals surface area (Å²) in [6.45, 7) is 3.83. The van der Waals surface area contributed by atoms with Gasteiger partial charge in [0.15, 0.2) is 6.10 Å². The monoisotopic (exact) mass is 848 g/mol. The molecule has 10 nitrogen and oxygen atoms in total. The zero-order chi connectivity index (χ0) is 43.7. The molecule has 59 heavy (non-hydrogen) atoms. The summed E-state index contributed by atoms with van der Waals surface area (Å²) < 4.78 is 33.7. The Labute approximate surface area is 359 Å². The van der Waals surface area contributed by atoms with Gasteiger partial charge in [-0.05, 0) is 77.0 Å². The highest BCUT2D eigenvalue weighted by molar-refractivity contribution is 7.45. The molecule has 0 bridgehead atoms.